The second-order valence-electron chi connectivity index (χ2n) is 6.04. The third-order valence-corrected chi connectivity index (χ3v) is 4.46. The minimum absolute atomic E-state index is 0.00726. The Bertz CT molecular complexity index is 586. The van der Waals surface area contributed by atoms with Gasteiger partial charge in [0.05, 0.1) is 16.6 Å². The van der Waals surface area contributed by atoms with Gasteiger partial charge in [-0.2, -0.15) is 5.26 Å². The number of piperidine rings is 1. The van der Waals surface area contributed by atoms with Gasteiger partial charge < -0.3 is 9.80 Å². The van der Waals surface area contributed by atoms with E-state index < -0.39 is 4.92 Å². The van der Waals surface area contributed by atoms with Crippen LogP contribution in [0, 0.1) is 21.4 Å². The molecule has 0 aromatic heterocycles. The average Bonchev–Trinajstić information content (AvgIpc) is 2.53. The third-order valence-electron chi connectivity index (χ3n) is 4.46. The average molecular weight is 302 g/mol. The van der Waals surface area contributed by atoms with Crippen LogP contribution < -0.4 is 4.90 Å². The van der Waals surface area contributed by atoms with Crippen LogP contribution in [0.5, 0.6) is 0 Å². The normalized spacial score (nSPS) is 16.5. The number of hydrogen-bond acceptors (Lipinski definition) is 5. The number of nitro groups is 1. The molecule has 0 amide bonds. The van der Waals surface area contributed by atoms with Crippen molar-refractivity contribution in [1.82, 2.24) is 4.90 Å². The zero-order valence-corrected chi connectivity index (χ0v) is 13.3. The first-order valence-electron chi connectivity index (χ1n) is 7.59. The summed E-state index contributed by atoms with van der Waals surface area (Å²) in [5, 5.41) is 20.2. The van der Waals surface area contributed by atoms with Gasteiger partial charge in [-0.25, -0.2) is 0 Å². The molecule has 1 fully saturated rings. The largest absolute Gasteiger partial charge is 0.366 e. The fourth-order valence-electron chi connectivity index (χ4n) is 3.02. The maximum atomic E-state index is 11.3. The van der Waals surface area contributed by atoms with Gasteiger partial charge in [-0.1, -0.05) is 0 Å². The van der Waals surface area contributed by atoms with Crippen LogP contribution in [0.3, 0.4) is 0 Å². The van der Waals surface area contributed by atoms with E-state index >= 15 is 0 Å². The number of nitro benzene ring substituents is 1. The number of nitrogens with zero attached hydrogens (tertiary/aromatic N) is 4. The molecule has 1 aliphatic rings. The highest BCUT2D eigenvalue weighted by Crippen LogP contribution is 2.32. The quantitative estimate of drug-likeness (QED) is 0.631. The summed E-state index contributed by atoms with van der Waals surface area (Å²) in [5.41, 5.74) is 0.915. The number of benzene rings is 1. The van der Waals surface area contributed by atoms with Crippen molar-refractivity contribution < 1.29 is 4.92 Å². The minimum Gasteiger partial charge on any atom is -0.366 e. The van der Waals surface area contributed by atoms with E-state index in [4.69, 9.17) is 5.26 Å². The summed E-state index contributed by atoms with van der Waals surface area (Å²) >= 11 is 0. The highest BCUT2D eigenvalue weighted by molar-refractivity contribution is 5.65. The topological polar surface area (TPSA) is 73.4 Å². The predicted molar refractivity (Wildman–Crippen MR) is 85.9 cm³/mol. The van der Waals surface area contributed by atoms with Crippen molar-refractivity contribution >= 4 is 11.4 Å². The molecule has 1 aromatic rings. The van der Waals surface area contributed by atoms with Gasteiger partial charge in [0.25, 0.3) is 5.69 Å². The molecule has 1 heterocycles. The molecule has 118 valence electrons. The summed E-state index contributed by atoms with van der Waals surface area (Å²) < 4.78 is 0. The first-order chi connectivity index (χ1) is 10.4. The monoisotopic (exact) mass is 302 g/mol. The summed E-state index contributed by atoms with van der Waals surface area (Å²) in [6.07, 6.45) is 1.98. The van der Waals surface area contributed by atoms with Crippen LogP contribution in [0.15, 0.2) is 18.2 Å². The highest BCUT2D eigenvalue weighted by atomic mass is 16.6. The molecule has 1 aromatic carbocycles. The summed E-state index contributed by atoms with van der Waals surface area (Å²) in [5.74, 6) is 0. The van der Waals surface area contributed by atoms with Crippen LogP contribution in [-0.2, 0) is 0 Å². The predicted octanol–water partition coefficient (Wildman–Crippen LogP) is 2.78. The summed E-state index contributed by atoms with van der Waals surface area (Å²) in [7, 11) is 1.91. The maximum absolute atomic E-state index is 11.3. The molecule has 2 rings (SSSR count). The van der Waals surface area contributed by atoms with Crippen LogP contribution in [-0.4, -0.2) is 42.0 Å². The van der Waals surface area contributed by atoms with E-state index in [1.807, 2.05) is 18.0 Å². The van der Waals surface area contributed by atoms with Gasteiger partial charge in [-0.05, 0) is 38.8 Å². The Morgan fingerprint density at radius 2 is 2.05 bits per heavy atom. The Balaban J connectivity index is 2.18. The van der Waals surface area contributed by atoms with Crippen molar-refractivity contribution in [2.75, 3.05) is 25.0 Å². The SMILES string of the molecule is CC(C)N1CCC(N(C)c2ccc(C#N)cc2[N+](=O)[O-])CC1. The number of likely N-dealkylation sites (tertiary alicyclic amines) is 1. The van der Waals surface area contributed by atoms with Crippen molar-refractivity contribution in [3.63, 3.8) is 0 Å². The van der Waals surface area contributed by atoms with Crippen molar-refractivity contribution in [2.24, 2.45) is 0 Å². The molecule has 22 heavy (non-hydrogen) atoms. The van der Waals surface area contributed by atoms with Crippen LogP contribution in [0.25, 0.3) is 0 Å². The molecule has 0 atom stereocenters. The molecule has 1 aliphatic heterocycles. The molecule has 0 radical (unpaired) electrons. The number of anilines is 1. The fraction of sp³-hybridized carbons (Fsp3) is 0.562. The Morgan fingerprint density at radius 1 is 1.41 bits per heavy atom. The first kappa shape index (κ1) is 16.2. The molecule has 6 heteroatoms. The fourth-order valence-corrected chi connectivity index (χ4v) is 3.02. The van der Waals surface area contributed by atoms with E-state index in [0.717, 1.165) is 25.9 Å². The van der Waals surface area contributed by atoms with Crippen LogP contribution in [0.4, 0.5) is 11.4 Å². The smallest absolute Gasteiger partial charge is 0.293 e. The van der Waals surface area contributed by atoms with Gasteiger partial charge in [-0.3, -0.25) is 10.1 Å². The van der Waals surface area contributed by atoms with Crippen molar-refractivity contribution in [3.8, 4) is 6.07 Å². The van der Waals surface area contributed by atoms with Crippen LogP contribution in [0.1, 0.15) is 32.3 Å². The summed E-state index contributed by atoms with van der Waals surface area (Å²) in [6.45, 7) is 6.40. The van der Waals surface area contributed by atoms with Gasteiger partial charge in [-0.15, -0.1) is 0 Å². The van der Waals surface area contributed by atoms with Crippen LogP contribution >= 0.6 is 0 Å². The van der Waals surface area contributed by atoms with Crippen molar-refractivity contribution in [2.45, 2.75) is 38.8 Å². The van der Waals surface area contributed by atoms with Crippen molar-refractivity contribution in [3.05, 3.63) is 33.9 Å². The molecular formula is C16H22N4O2. The second kappa shape index (κ2) is 6.75. The summed E-state index contributed by atoms with van der Waals surface area (Å²) in [6, 6.07) is 7.47. The Morgan fingerprint density at radius 3 is 2.55 bits per heavy atom. The third kappa shape index (κ3) is 3.37. The highest BCUT2D eigenvalue weighted by Gasteiger charge is 2.27. The minimum atomic E-state index is -0.407. The van der Waals surface area contributed by atoms with E-state index in [-0.39, 0.29) is 5.69 Å². The lowest BCUT2D eigenvalue weighted by Crippen LogP contribution is -2.45. The van der Waals surface area contributed by atoms with E-state index in [1.54, 1.807) is 12.1 Å². The van der Waals surface area contributed by atoms with Crippen LogP contribution in [0.2, 0.25) is 0 Å². The van der Waals surface area contributed by atoms with E-state index in [0.29, 0.717) is 23.3 Å². The Hall–Kier alpha value is -2.13. The van der Waals surface area contributed by atoms with E-state index in [9.17, 15) is 10.1 Å². The lowest BCUT2D eigenvalue weighted by molar-refractivity contribution is -0.384. The van der Waals surface area contributed by atoms with Crippen molar-refractivity contribution in [1.29, 1.82) is 5.26 Å². The zero-order valence-electron chi connectivity index (χ0n) is 13.3. The van der Waals surface area contributed by atoms with Gasteiger partial charge >= 0.3 is 0 Å². The maximum Gasteiger partial charge on any atom is 0.293 e. The molecular weight excluding hydrogens is 280 g/mol. The first-order valence-corrected chi connectivity index (χ1v) is 7.59. The molecule has 0 saturated carbocycles. The molecule has 0 N–H and O–H groups in total. The van der Waals surface area contributed by atoms with Gasteiger partial charge in [0.2, 0.25) is 0 Å². The van der Waals surface area contributed by atoms with E-state index in [2.05, 4.69) is 18.7 Å². The molecule has 6 nitrogen and oxygen atoms in total. The van der Waals surface area contributed by atoms with Gasteiger partial charge in [0, 0.05) is 38.3 Å². The number of hydrogen-bond donors (Lipinski definition) is 0. The molecule has 1 saturated heterocycles. The second-order valence-corrected chi connectivity index (χ2v) is 6.04. The zero-order chi connectivity index (χ0) is 16.3. The lowest BCUT2D eigenvalue weighted by Gasteiger charge is -2.39. The molecule has 0 spiro atoms. The Labute approximate surface area is 131 Å². The van der Waals surface area contributed by atoms with Gasteiger partial charge in [0.1, 0.15) is 5.69 Å². The summed E-state index contributed by atoms with van der Waals surface area (Å²) in [4.78, 5) is 15.3. The Kier molecular flexibility index (Phi) is 4.99. The molecule has 0 bridgehead atoms. The number of nitriles is 1. The standard InChI is InChI=1S/C16H22N4O2/c1-12(2)19-8-6-14(7-9-19)18(3)15-5-4-13(11-17)10-16(15)20(21)22/h4-5,10,12,14H,6-9H2,1-3H3. The number of rotatable bonds is 4. The molecule has 0 unspecified atom stereocenters. The lowest BCUT2D eigenvalue weighted by atomic mass is 10.0. The van der Waals surface area contributed by atoms with E-state index in [1.165, 1.54) is 6.07 Å². The van der Waals surface area contributed by atoms with Gasteiger partial charge in [0.15, 0.2) is 0 Å². The molecule has 0 aliphatic carbocycles.